The first-order valence-electron chi connectivity index (χ1n) is 40.9. The zero-order valence-electron chi connectivity index (χ0n) is 69.7. The SMILES string of the molecule is C.CC(=O)OC1C(C)C(C)C(C)C(OC(C)=O)C1C.CC(F)CN1C(=O)CC2(CCN(C)CC2)C1=O.CC1C(O)C(O)C(O)C(O)C1O.CCN1C(=O)CC2(CCN(C(=O)OC3C(O)C(O)C(O)C(O)C3O)CC2)C1=O.CCN1C(=O)CC2(CCN(C(=O)OC3C(O)C(O)C(O)C(O)C3O)CC2)C1=O.CN1CCC2(CC1)CC(=O)N(CCF)C2=O. The number of nitrogens with zero attached hydrogens (tertiary/aromatic N) is 8. The van der Waals surface area contributed by atoms with Crippen LogP contribution in [0.2, 0.25) is 0 Å². The van der Waals surface area contributed by atoms with E-state index in [0.29, 0.717) is 31.8 Å². The number of halogens is 2. The first-order chi connectivity index (χ1) is 55.5. The number of alkyl halides is 2. The summed E-state index contributed by atoms with van der Waals surface area (Å²) in [6.07, 6.45) is -26.3. The average molecular weight is 1730 g/mol. The quantitative estimate of drug-likeness (QED) is 0.0564. The third kappa shape index (κ3) is 21.9. The van der Waals surface area contributed by atoms with E-state index < -0.39 is 156 Å². The third-order valence-electron chi connectivity index (χ3n) is 26.6. The summed E-state index contributed by atoms with van der Waals surface area (Å²) in [6.45, 7) is 21.1. The maximum atomic E-state index is 13.0. The zero-order chi connectivity index (χ0) is 89.5. The van der Waals surface area contributed by atoms with Crippen LogP contribution in [0.4, 0.5) is 18.4 Å². The van der Waals surface area contributed by atoms with Gasteiger partial charge in [0.1, 0.15) is 104 Å². The number of hydrogen-bond donors (Lipinski definition) is 15. The molecule has 12 fully saturated rings. The second kappa shape index (κ2) is 42.3. The molecule has 8 saturated heterocycles. The van der Waals surface area contributed by atoms with E-state index in [1.54, 1.807) is 13.8 Å². The number of piperidine rings is 4. The van der Waals surface area contributed by atoms with Crippen LogP contribution in [0.5, 0.6) is 0 Å². The van der Waals surface area contributed by atoms with Crippen molar-refractivity contribution in [2.75, 3.05) is 99.3 Å². The fourth-order valence-corrected chi connectivity index (χ4v) is 18.2. The smallest absolute Gasteiger partial charge is 0.410 e. The Kier molecular flexibility index (Phi) is 35.9. The minimum absolute atomic E-state index is 0. The molecule has 0 radical (unpaired) electrons. The minimum Gasteiger partial charge on any atom is -0.462 e. The number of esters is 2. The lowest BCUT2D eigenvalue weighted by Crippen LogP contribution is -2.65. The van der Waals surface area contributed by atoms with Crippen LogP contribution >= 0.6 is 0 Å². The number of rotatable bonds is 10. The van der Waals surface area contributed by atoms with Gasteiger partial charge in [0.15, 0.2) is 12.2 Å². The number of amides is 10. The molecule has 41 heteroatoms. The number of aliphatic hydroxyl groups is 15. The Morgan fingerprint density at radius 2 is 0.617 bits per heavy atom. The molecule has 39 nitrogen and oxygen atoms in total. The van der Waals surface area contributed by atoms with Gasteiger partial charge in [0.2, 0.25) is 47.3 Å². The van der Waals surface area contributed by atoms with E-state index in [-0.39, 0.29) is 187 Å². The van der Waals surface area contributed by atoms with Crippen molar-refractivity contribution in [1.29, 1.82) is 0 Å². The van der Waals surface area contributed by atoms with E-state index in [1.807, 2.05) is 21.0 Å². The molecule has 17 atom stereocenters. The Morgan fingerprint density at radius 3 is 0.883 bits per heavy atom. The predicted molar refractivity (Wildman–Crippen MR) is 412 cm³/mol. The lowest BCUT2D eigenvalue weighted by atomic mass is 9.66. The van der Waals surface area contributed by atoms with Crippen LogP contribution in [0.3, 0.4) is 0 Å². The number of aliphatic hydroxyl groups excluding tert-OH is 15. The summed E-state index contributed by atoms with van der Waals surface area (Å²) >= 11 is 0. The van der Waals surface area contributed by atoms with Gasteiger partial charge in [-0.25, -0.2) is 18.4 Å². The molecule has 0 aromatic rings. The summed E-state index contributed by atoms with van der Waals surface area (Å²) in [4.78, 5) is 156. The van der Waals surface area contributed by atoms with Crippen molar-refractivity contribution in [3.05, 3.63) is 0 Å². The second-order valence-electron chi connectivity index (χ2n) is 34.4. The van der Waals surface area contributed by atoms with E-state index in [2.05, 4.69) is 30.6 Å². The number of hydrogen-bond acceptors (Lipinski definition) is 33. The van der Waals surface area contributed by atoms with Crippen LogP contribution in [-0.4, -0.2) is 409 Å². The number of carbonyl (C=O) groups excluding carboxylic acids is 12. The fraction of sp³-hybridized carbons (Fsp3) is 0.848. The Morgan fingerprint density at radius 1 is 0.367 bits per heavy atom. The van der Waals surface area contributed by atoms with Crippen molar-refractivity contribution in [2.45, 2.75) is 276 Å². The molecule has 4 aliphatic carbocycles. The van der Waals surface area contributed by atoms with Crippen molar-refractivity contribution in [3.63, 3.8) is 0 Å². The first kappa shape index (κ1) is 102. The number of carbonyl (C=O) groups is 12. The van der Waals surface area contributed by atoms with Crippen LogP contribution < -0.4 is 0 Å². The highest BCUT2D eigenvalue weighted by Crippen LogP contribution is 2.47. The minimum atomic E-state index is -1.79. The van der Waals surface area contributed by atoms with Gasteiger partial charge < -0.3 is 115 Å². The molecule has 12 aliphatic rings. The van der Waals surface area contributed by atoms with E-state index in [9.17, 15) is 128 Å². The lowest BCUT2D eigenvalue weighted by Gasteiger charge is -2.46. The van der Waals surface area contributed by atoms with Gasteiger partial charge in [0.05, 0.1) is 47.0 Å². The van der Waals surface area contributed by atoms with Crippen LogP contribution in [-0.2, 0) is 66.9 Å². The Hall–Kier alpha value is -6.78. The van der Waals surface area contributed by atoms with Gasteiger partial charge in [-0.05, 0) is 130 Å². The fourth-order valence-electron chi connectivity index (χ4n) is 18.2. The van der Waals surface area contributed by atoms with Gasteiger partial charge in [-0.3, -0.25) is 67.5 Å². The molecule has 120 heavy (non-hydrogen) atoms. The highest BCUT2D eigenvalue weighted by Gasteiger charge is 2.59. The largest absolute Gasteiger partial charge is 0.462 e. The second-order valence-corrected chi connectivity index (χ2v) is 34.4. The van der Waals surface area contributed by atoms with Crippen LogP contribution in [0.25, 0.3) is 0 Å². The molecule has 0 aromatic carbocycles. The Bertz CT molecular complexity index is 3330. The molecular weight excluding hydrogens is 1590 g/mol. The van der Waals surface area contributed by atoms with Gasteiger partial charge in [-0.1, -0.05) is 42.0 Å². The summed E-state index contributed by atoms with van der Waals surface area (Å²) in [5, 5.41) is 144. The molecule has 4 spiro atoms. The number of ether oxygens (including phenoxy) is 4. The van der Waals surface area contributed by atoms with E-state index in [4.69, 9.17) is 34.3 Å². The highest BCUT2D eigenvalue weighted by atomic mass is 19.1. The maximum Gasteiger partial charge on any atom is 0.410 e. The van der Waals surface area contributed by atoms with Crippen LogP contribution in [0.1, 0.15) is 154 Å². The number of imide groups is 4. The first-order valence-corrected chi connectivity index (χ1v) is 40.9. The molecule has 8 heterocycles. The molecule has 0 bridgehead atoms. The molecule has 12 rings (SSSR count). The molecule has 15 N–H and O–H groups in total. The number of likely N-dealkylation sites (tertiary alicyclic amines) is 8. The molecule has 17 unspecified atom stereocenters. The molecule has 10 amide bonds. The van der Waals surface area contributed by atoms with Gasteiger partial charge >= 0.3 is 24.1 Å². The monoisotopic (exact) mass is 1720 g/mol. The summed E-state index contributed by atoms with van der Waals surface area (Å²) in [6, 6.07) is 0. The van der Waals surface area contributed by atoms with E-state index in [1.165, 1.54) is 47.3 Å². The zero-order valence-corrected chi connectivity index (χ0v) is 69.7. The summed E-state index contributed by atoms with van der Waals surface area (Å²) in [5.74, 6) is -1.90. The lowest BCUT2D eigenvalue weighted by molar-refractivity contribution is -0.224. The molecule has 4 saturated carbocycles. The summed E-state index contributed by atoms with van der Waals surface area (Å²) in [5.41, 5.74) is -2.67. The predicted octanol–water partition coefficient (Wildman–Crippen LogP) is -3.93. The molecule has 686 valence electrons. The highest BCUT2D eigenvalue weighted by molar-refractivity contribution is 6.08. The maximum absolute atomic E-state index is 13.0. The van der Waals surface area contributed by atoms with Crippen molar-refractivity contribution in [1.82, 2.24) is 39.2 Å². The summed E-state index contributed by atoms with van der Waals surface area (Å²) < 4.78 is 46.2. The van der Waals surface area contributed by atoms with E-state index >= 15 is 0 Å². The van der Waals surface area contributed by atoms with Gasteiger partial charge in [0.25, 0.3) is 0 Å². The van der Waals surface area contributed by atoms with Crippen LogP contribution in [0.15, 0.2) is 0 Å². The van der Waals surface area contributed by atoms with Gasteiger partial charge in [0, 0.05) is 90.6 Å². The van der Waals surface area contributed by atoms with Crippen molar-refractivity contribution in [2.24, 2.45) is 51.2 Å². The van der Waals surface area contributed by atoms with Crippen molar-refractivity contribution < 1.29 is 162 Å². The standard InChI is InChI=1S/2C17H26N2O9.C14H24O4.C12H19FN2O2.C11H17FN2O2.C7H14O5.CH4/c2*1-2-19-8(20)7-17(15(19)26)3-5-18(6-4-17)16(27)28-14-12(24)10(22)9(21)11(23)13(14)25;1-7-8(2)13(17-11(5)15)10(4)14(9(7)3)18-12(6)16;1-9(13)8-15-10(16)7-12(11(15)17)3-5-14(2)6-4-12;1-13-5-2-11(3-6-13)8-9(15)14(7-4-12)10(11)16;1-2-3(8)5(10)7(12)6(11)4(2)9;/h2*9-14,21-25H,2-7H2,1H3;7-10,13-14H,1-6H3;9H,3-8H2,1-2H3;2-8H2,1H3;2-12H,1H3;1H4. The van der Waals surface area contributed by atoms with Crippen LogP contribution in [0, 0.1) is 51.2 Å². The topological polar surface area (TPSA) is 571 Å². The Labute approximate surface area is 696 Å². The average Bonchev–Trinajstić information content (AvgIpc) is 1.62. The van der Waals surface area contributed by atoms with E-state index in [0.717, 1.165) is 48.8 Å². The third-order valence-corrected chi connectivity index (χ3v) is 26.6. The molecule has 8 aliphatic heterocycles. The molecular formula is C79H130F2N8O31. The van der Waals surface area contributed by atoms with Crippen molar-refractivity contribution in [3.8, 4) is 0 Å². The normalized spacial score (nSPS) is 36.6. The Balaban J connectivity index is 0.000000228. The molecule has 0 aromatic heterocycles. The van der Waals surface area contributed by atoms with Crippen molar-refractivity contribution >= 4 is 71.4 Å². The van der Waals surface area contributed by atoms with Gasteiger partial charge in [-0.15, -0.1) is 0 Å². The summed E-state index contributed by atoms with van der Waals surface area (Å²) in [7, 11) is 4.02. The van der Waals surface area contributed by atoms with Gasteiger partial charge in [-0.2, -0.15) is 0 Å².